The summed E-state index contributed by atoms with van der Waals surface area (Å²) in [5.41, 5.74) is 7.61. The van der Waals surface area contributed by atoms with E-state index in [1.807, 2.05) is 24.3 Å². The van der Waals surface area contributed by atoms with Crippen LogP contribution in [-0.4, -0.2) is 10.1 Å². The molecule has 0 saturated heterocycles. The molecule has 0 spiro atoms. The van der Waals surface area contributed by atoms with Gasteiger partial charge in [-0.1, -0.05) is 11.2 Å². The first-order chi connectivity index (χ1) is 8.75. The molecule has 0 radical (unpaired) electrons. The van der Waals surface area contributed by atoms with Gasteiger partial charge in [0.15, 0.2) is 11.6 Å². The average molecular weight is 257 g/mol. The van der Waals surface area contributed by atoms with Crippen LogP contribution in [0, 0.1) is 6.92 Å². The molecule has 4 nitrogen and oxygen atoms in total. The second-order valence-electron chi connectivity index (χ2n) is 3.92. The van der Waals surface area contributed by atoms with Crippen molar-refractivity contribution >= 4 is 17.2 Å². The standard InChI is InChI=1S/C13H11N3OS/c1-8-4-5-10(18-8)12-11(13(14)16-17-12)9-3-2-6-15-7-9/h2-7H,1H3,(H2,14,16). The van der Waals surface area contributed by atoms with Crippen molar-refractivity contribution in [2.75, 3.05) is 5.73 Å². The molecule has 0 aliphatic heterocycles. The molecule has 0 unspecified atom stereocenters. The smallest absolute Gasteiger partial charge is 0.186 e. The van der Waals surface area contributed by atoms with Gasteiger partial charge in [-0.2, -0.15) is 0 Å². The van der Waals surface area contributed by atoms with E-state index in [0.29, 0.717) is 11.6 Å². The van der Waals surface area contributed by atoms with Crippen LogP contribution in [0.25, 0.3) is 21.8 Å². The van der Waals surface area contributed by atoms with Crippen LogP contribution in [-0.2, 0) is 0 Å². The maximum Gasteiger partial charge on any atom is 0.186 e. The third-order valence-corrected chi connectivity index (χ3v) is 3.63. The number of aryl methyl sites for hydroxylation is 1. The number of hydrogen-bond donors (Lipinski definition) is 1. The van der Waals surface area contributed by atoms with Crippen LogP contribution >= 0.6 is 11.3 Å². The normalized spacial score (nSPS) is 10.7. The Morgan fingerprint density at radius 3 is 2.83 bits per heavy atom. The second kappa shape index (κ2) is 4.27. The van der Waals surface area contributed by atoms with Gasteiger partial charge in [-0.05, 0) is 25.1 Å². The molecule has 0 amide bonds. The maximum atomic E-state index is 5.89. The zero-order valence-corrected chi connectivity index (χ0v) is 10.6. The quantitative estimate of drug-likeness (QED) is 0.764. The summed E-state index contributed by atoms with van der Waals surface area (Å²) in [6, 6.07) is 7.87. The van der Waals surface area contributed by atoms with E-state index in [9.17, 15) is 0 Å². The van der Waals surface area contributed by atoms with Gasteiger partial charge in [0.1, 0.15) is 0 Å². The second-order valence-corrected chi connectivity index (χ2v) is 5.21. The molecule has 18 heavy (non-hydrogen) atoms. The van der Waals surface area contributed by atoms with Gasteiger partial charge in [0, 0.05) is 22.8 Å². The SMILES string of the molecule is Cc1ccc(-c2onc(N)c2-c2cccnc2)s1. The first-order valence-corrected chi connectivity index (χ1v) is 6.29. The van der Waals surface area contributed by atoms with Gasteiger partial charge in [0.25, 0.3) is 0 Å². The lowest BCUT2D eigenvalue weighted by Gasteiger charge is -1.99. The predicted octanol–water partition coefficient (Wildman–Crippen LogP) is 3.36. The number of nitrogens with two attached hydrogens (primary N) is 1. The summed E-state index contributed by atoms with van der Waals surface area (Å²) in [6.07, 6.45) is 3.48. The zero-order valence-electron chi connectivity index (χ0n) is 9.75. The van der Waals surface area contributed by atoms with E-state index in [1.165, 1.54) is 4.88 Å². The van der Waals surface area contributed by atoms with E-state index in [0.717, 1.165) is 16.0 Å². The summed E-state index contributed by atoms with van der Waals surface area (Å²) < 4.78 is 5.36. The van der Waals surface area contributed by atoms with E-state index < -0.39 is 0 Å². The highest BCUT2D eigenvalue weighted by molar-refractivity contribution is 7.15. The maximum absolute atomic E-state index is 5.89. The number of hydrogen-bond acceptors (Lipinski definition) is 5. The fourth-order valence-corrected chi connectivity index (χ4v) is 2.67. The Morgan fingerprint density at radius 1 is 1.28 bits per heavy atom. The van der Waals surface area contributed by atoms with Crippen LogP contribution in [0.15, 0.2) is 41.2 Å². The Morgan fingerprint density at radius 2 is 2.17 bits per heavy atom. The number of nitrogens with zero attached hydrogens (tertiary/aromatic N) is 2. The third kappa shape index (κ3) is 1.78. The molecule has 3 heterocycles. The van der Waals surface area contributed by atoms with Gasteiger partial charge >= 0.3 is 0 Å². The van der Waals surface area contributed by atoms with Crippen LogP contribution in [0.2, 0.25) is 0 Å². The van der Waals surface area contributed by atoms with Crippen molar-refractivity contribution in [1.82, 2.24) is 10.1 Å². The van der Waals surface area contributed by atoms with Crippen molar-refractivity contribution in [3.63, 3.8) is 0 Å². The molecule has 0 aliphatic carbocycles. The Balaban J connectivity index is 2.18. The molecule has 0 aliphatic rings. The van der Waals surface area contributed by atoms with Crippen molar-refractivity contribution in [3.8, 4) is 21.8 Å². The average Bonchev–Trinajstić information content (AvgIpc) is 2.96. The summed E-state index contributed by atoms with van der Waals surface area (Å²) in [4.78, 5) is 6.34. The van der Waals surface area contributed by atoms with Crippen molar-refractivity contribution < 1.29 is 4.52 Å². The molecular formula is C13H11N3OS. The van der Waals surface area contributed by atoms with Crippen molar-refractivity contribution in [1.29, 1.82) is 0 Å². The number of thiophene rings is 1. The van der Waals surface area contributed by atoms with Gasteiger partial charge in [-0.25, -0.2) is 0 Å². The topological polar surface area (TPSA) is 64.9 Å². The molecule has 0 aromatic carbocycles. The van der Waals surface area contributed by atoms with Crippen LogP contribution in [0.5, 0.6) is 0 Å². The fourth-order valence-electron chi connectivity index (χ4n) is 1.82. The van der Waals surface area contributed by atoms with Crippen LogP contribution in [0.3, 0.4) is 0 Å². The van der Waals surface area contributed by atoms with Crippen molar-refractivity contribution in [2.45, 2.75) is 6.92 Å². The number of aromatic nitrogens is 2. The Bertz CT molecular complexity index is 673. The Kier molecular flexibility index (Phi) is 2.60. The van der Waals surface area contributed by atoms with Crippen molar-refractivity contribution in [3.05, 3.63) is 41.5 Å². The van der Waals surface area contributed by atoms with Crippen LogP contribution < -0.4 is 5.73 Å². The molecule has 0 atom stereocenters. The van der Waals surface area contributed by atoms with Crippen molar-refractivity contribution in [2.24, 2.45) is 0 Å². The highest BCUT2D eigenvalue weighted by atomic mass is 32.1. The van der Waals surface area contributed by atoms with Gasteiger partial charge in [0.05, 0.1) is 10.4 Å². The summed E-state index contributed by atoms with van der Waals surface area (Å²) in [5.74, 6) is 1.10. The van der Waals surface area contributed by atoms with E-state index in [-0.39, 0.29) is 0 Å². The summed E-state index contributed by atoms with van der Waals surface area (Å²) in [5, 5.41) is 3.86. The number of anilines is 1. The molecule has 3 rings (SSSR count). The number of rotatable bonds is 2. The lowest BCUT2D eigenvalue weighted by molar-refractivity contribution is 0.437. The number of pyridine rings is 1. The van der Waals surface area contributed by atoms with E-state index >= 15 is 0 Å². The first-order valence-electron chi connectivity index (χ1n) is 5.48. The molecule has 90 valence electrons. The summed E-state index contributed by atoms with van der Waals surface area (Å²) in [6.45, 7) is 2.05. The molecule has 0 bridgehead atoms. The minimum Gasteiger partial charge on any atom is -0.380 e. The lowest BCUT2D eigenvalue weighted by Crippen LogP contribution is -1.88. The van der Waals surface area contributed by atoms with Gasteiger partial charge in [0.2, 0.25) is 0 Å². The molecule has 3 aromatic heterocycles. The van der Waals surface area contributed by atoms with Crippen LogP contribution in [0.4, 0.5) is 5.82 Å². The highest BCUT2D eigenvalue weighted by Gasteiger charge is 2.18. The lowest BCUT2D eigenvalue weighted by atomic mass is 10.1. The number of nitrogen functional groups attached to an aromatic ring is 1. The molecule has 0 saturated carbocycles. The third-order valence-electron chi connectivity index (χ3n) is 2.63. The van der Waals surface area contributed by atoms with Gasteiger partial charge < -0.3 is 10.3 Å². The highest BCUT2D eigenvalue weighted by Crippen LogP contribution is 2.38. The molecular weight excluding hydrogens is 246 g/mol. The van der Waals surface area contributed by atoms with Crippen LogP contribution in [0.1, 0.15) is 4.88 Å². The largest absolute Gasteiger partial charge is 0.380 e. The summed E-state index contributed by atoms with van der Waals surface area (Å²) >= 11 is 1.65. The van der Waals surface area contributed by atoms with Gasteiger partial charge in [-0.3, -0.25) is 4.98 Å². The zero-order chi connectivity index (χ0) is 12.5. The minimum atomic E-state index is 0.393. The molecule has 0 fully saturated rings. The first kappa shape index (κ1) is 11.0. The van der Waals surface area contributed by atoms with E-state index in [1.54, 1.807) is 23.7 Å². The molecule has 2 N–H and O–H groups in total. The summed E-state index contributed by atoms with van der Waals surface area (Å²) in [7, 11) is 0. The monoisotopic (exact) mass is 257 g/mol. The Hall–Kier alpha value is -2.14. The van der Waals surface area contributed by atoms with E-state index in [4.69, 9.17) is 10.3 Å². The predicted molar refractivity (Wildman–Crippen MR) is 72.2 cm³/mol. The molecule has 3 aromatic rings. The van der Waals surface area contributed by atoms with Gasteiger partial charge in [-0.15, -0.1) is 11.3 Å². The van der Waals surface area contributed by atoms with E-state index in [2.05, 4.69) is 17.1 Å². The minimum absolute atomic E-state index is 0.393. The molecule has 5 heteroatoms. The Labute approximate surface area is 108 Å². The fraction of sp³-hybridized carbons (Fsp3) is 0.0769.